The normalized spacial score (nSPS) is 18.6. The first-order valence-corrected chi connectivity index (χ1v) is 6.72. The zero-order chi connectivity index (χ0) is 13.1. The summed E-state index contributed by atoms with van der Waals surface area (Å²) in [5, 5.41) is 0. The third kappa shape index (κ3) is 2.58. The third-order valence-corrected chi connectivity index (χ3v) is 3.81. The number of rotatable bonds is 3. The van der Waals surface area contributed by atoms with Gasteiger partial charge in [0.15, 0.2) is 0 Å². The molecule has 1 atom stereocenters. The van der Waals surface area contributed by atoms with Crippen LogP contribution in [0.1, 0.15) is 17.9 Å². The summed E-state index contributed by atoms with van der Waals surface area (Å²) in [7, 11) is 1.68. The van der Waals surface area contributed by atoms with E-state index in [2.05, 4.69) is 53.4 Å². The van der Waals surface area contributed by atoms with E-state index in [1.165, 1.54) is 17.7 Å². The molecular weight excluding hydrogens is 234 g/mol. The van der Waals surface area contributed by atoms with Gasteiger partial charge in [0, 0.05) is 30.8 Å². The lowest BCUT2D eigenvalue weighted by atomic mass is 9.98. The first-order chi connectivity index (χ1) is 9.36. The number of anilines is 1. The van der Waals surface area contributed by atoms with Gasteiger partial charge in [0.1, 0.15) is 5.75 Å². The lowest BCUT2D eigenvalue weighted by molar-refractivity contribution is 0.413. The zero-order valence-corrected chi connectivity index (χ0v) is 11.2. The van der Waals surface area contributed by atoms with Gasteiger partial charge in [0.25, 0.3) is 0 Å². The molecule has 0 spiro atoms. The number of hydrogen-bond acceptors (Lipinski definition) is 2. The SMILES string of the molecule is COc1[c]cc(C2CCN(c3ccccc3)C2)cc1. The highest BCUT2D eigenvalue weighted by atomic mass is 16.5. The predicted molar refractivity (Wildman–Crippen MR) is 77.8 cm³/mol. The topological polar surface area (TPSA) is 12.5 Å². The largest absolute Gasteiger partial charge is 0.496 e. The van der Waals surface area contributed by atoms with Crippen LogP contribution in [0.4, 0.5) is 5.69 Å². The van der Waals surface area contributed by atoms with E-state index in [4.69, 9.17) is 4.74 Å². The zero-order valence-electron chi connectivity index (χ0n) is 11.2. The van der Waals surface area contributed by atoms with Gasteiger partial charge in [-0.2, -0.15) is 0 Å². The molecule has 3 rings (SSSR count). The molecule has 1 unspecified atom stereocenters. The lowest BCUT2D eigenvalue weighted by Gasteiger charge is -2.18. The van der Waals surface area contributed by atoms with Gasteiger partial charge in [-0.15, -0.1) is 0 Å². The maximum atomic E-state index is 5.16. The molecule has 1 aliphatic rings. The fraction of sp³-hybridized carbons (Fsp3) is 0.294. The minimum absolute atomic E-state index is 0.599. The predicted octanol–water partition coefficient (Wildman–Crippen LogP) is 3.49. The lowest BCUT2D eigenvalue weighted by Crippen LogP contribution is -2.18. The van der Waals surface area contributed by atoms with Crippen molar-refractivity contribution in [1.82, 2.24) is 0 Å². The van der Waals surface area contributed by atoms with Crippen molar-refractivity contribution in [3.05, 3.63) is 60.2 Å². The Morgan fingerprint density at radius 1 is 1.16 bits per heavy atom. The molecule has 0 saturated carbocycles. The molecule has 1 fully saturated rings. The Balaban J connectivity index is 1.71. The van der Waals surface area contributed by atoms with Crippen molar-refractivity contribution < 1.29 is 4.74 Å². The van der Waals surface area contributed by atoms with Crippen LogP contribution in [0.2, 0.25) is 0 Å². The molecule has 2 aromatic carbocycles. The summed E-state index contributed by atoms with van der Waals surface area (Å²) >= 11 is 0. The smallest absolute Gasteiger partial charge is 0.126 e. The van der Waals surface area contributed by atoms with Crippen LogP contribution in [0.25, 0.3) is 0 Å². The number of para-hydroxylation sites is 1. The van der Waals surface area contributed by atoms with E-state index in [0.29, 0.717) is 5.92 Å². The molecule has 1 saturated heterocycles. The fourth-order valence-electron chi connectivity index (χ4n) is 2.71. The Morgan fingerprint density at radius 2 is 2.00 bits per heavy atom. The van der Waals surface area contributed by atoms with E-state index >= 15 is 0 Å². The average molecular weight is 252 g/mol. The van der Waals surface area contributed by atoms with Gasteiger partial charge >= 0.3 is 0 Å². The van der Waals surface area contributed by atoms with E-state index in [1.807, 2.05) is 6.07 Å². The molecule has 97 valence electrons. The van der Waals surface area contributed by atoms with Crippen molar-refractivity contribution in [2.45, 2.75) is 12.3 Å². The summed E-state index contributed by atoms with van der Waals surface area (Å²) in [6.07, 6.45) is 1.20. The van der Waals surface area contributed by atoms with Crippen molar-refractivity contribution in [3.63, 3.8) is 0 Å². The quantitative estimate of drug-likeness (QED) is 0.829. The molecule has 0 aliphatic carbocycles. The Hall–Kier alpha value is -1.96. The van der Waals surface area contributed by atoms with E-state index in [1.54, 1.807) is 7.11 Å². The molecule has 1 radical (unpaired) electrons. The molecule has 0 bridgehead atoms. The molecule has 1 heterocycles. The van der Waals surface area contributed by atoms with E-state index < -0.39 is 0 Å². The van der Waals surface area contributed by atoms with Crippen molar-refractivity contribution in [2.24, 2.45) is 0 Å². The van der Waals surface area contributed by atoms with Gasteiger partial charge in [-0.25, -0.2) is 0 Å². The Bertz CT molecular complexity index is 521. The Labute approximate surface area is 114 Å². The number of methoxy groups -OCH3 is 1. The minimum atomic E-state index is 0.599. The summed E-state index contributed by atoms with van der Waals surface area (Å²) in [5.41, 5.74) is 2.68. The third-order valence-electron chi connectivity index (χ3n) is 3.81. The van der Waals surface area contributed by atoms with E-state index in [-0.39, 0.29) is 0 Å². The van der Waals surface area contributed by atoms with Crippen LogP contribution in [0.3, 0.4) is 0 Å². The van der Waals surface area contributed by atoms with Gasteiger partial charge in [-0.3, -0.25) is 0 Å². The summed E-state index contributed by atoms with van der Waals surface area (Å²) in [4.78, 5) is 2.45. The molecule has 19 heavy (non-hydrogen) atoms. The highest BCUT2D eigenvalue weighted by molar-refractivity contribution is 5.48. The molecule has 0 amide bonds. The van der Waals surface area contributed by atoms with Gasteiger partial charge < -0.3 is 9.64 Å². The summed E-state index contributed by atoms with van der Waals surface area (Å²) in [5.74, 6) is 1.41. The second-order valence-electron chi connectivity index (χ2n) is 4.96. The van der Waals surface area contributed by atoms with Crippen LogP contribution in [0.5, 0.6) is 5.75 Å². The molecular formula is C17H18NO. The van der Waals surface area contributed by atoms with Gasteiger partial charge in [0.05, 0.1) is 7.11 Å². The summed E-state index contributed by atoms with van der Waals surface area (Å²) in [6.45, 7) is 2.21. The molecule has 0 aromatic heterocycles. The van der Waals surface area contributed by atoms with Crippen LogP contribution in [-0.4, -0.2) is 20.2 Å². The molecule has 0 N–H and O–H groups in total. The van der Waals surface area contributed by atoms with Crippen LogP contribution in [0, 0.1) is 6.07 Å². The second kappa shape index (κ2) is 5.35. The van der Waals surface area contributed by atoms with Gasteiger partial charge in [-0.05, 0) is 36.2 Å². The minimum Gasteiger partial charge on any atom is -0.496 e. The maximum Gasteiger partial charge on any atom is 0.126 e. The number of hydrogen-bond donors (Lipinski definition) is 0. The standard InChI is InChI=1S/C17H18NO/c1-19-17-9-7-14(8-10-17)15-11-12-18(13-15)16-5-3-2-4-6-16/h2-9,15H,11-13H2,1H3. The van der Waals surface area contributed by atoms with Gasteiger partial charge in [-0.1, -0.05) is 24.3 Å². The molecule has 2 aromatic rings. The number of benzene rings is 2. The number of ether oxygens (including phenoxy) is 1. The summed E-state index contributed by atoms with van der Waals surface area (Å²) < 4.78 is 5.16. The monoisotopic (exact) mass is 252 g/mol. The highest BCUT2D eigenvalue weighted by Gasteiger charge is 2.23. The first kappa shape index (κ1) is 12.1. The van der Waals surface area contributed by atoms with Crippen molar-refractivity contribution >= 4 is 5.69 Å². The van der Waals surface area contributed by atoms with Crippen molar-refractivity contribution in [1.29, 1.82) is 0 Å². The van der Waals surface area contributed by atoms with Crippen LogP contribution in [0.15, 0.2) is 48.5 Å². The number of nitrogens with zero attached hydrogens (tertiary/aromatic N) is 1. The van der Waals surface area contributed by atoms with Crippen LogP contribution in [-0.2, 0) is 0 Å². The Morgan fingerprint density at radius 3 is 2.68 bits per heavy atom. The molecule has 1 aliphatic heterocycles. The second-order valence-corrected chi connectivity index (χ2v) is 4.96. The first-order valence-electron chi connectivity index (χ1n) is 6.72. The fourth-order valence-corrected chi connectivity index (χ4v) is 2.71. The van der Waals surface area contributed by atoms with Crippen LogP contribution >= 0.6 is 0 Å². The van der Waals surface area contributed by atoms with Crippen molar-refractivity contribution in [2.75, 3.05) is 25.1 Å². The van der Waals surface area contributed by atoms with Crippen LogP contribution < -0.4 is 9.64 Å². The maximum absolute atomic E-state index is 5.16. The van der Waals surface area contributed by atoms with Gasteiger partial charge in [0.2, 0.25) is 0 Å². The van der Waals surface area contributed by atoms with E-state index in [9.17, 15) is 0 Å². The average Bonchev–Trinajstić information content (AvgIpc) is 2.98. The summed E-state index contributed by atoms with van der Waals surface area (Å²) in [6, 6.07) is 20.0. The Kier molecular flexibility index (Phi) is 3.41. The van der Waals surface area contributed by atoms with E-state index in [0.717, 1.165) is 18.8 Å². The molecule has 2 nitrogen and oxygen atoms in total. The van der Waals surface area contributed by atoms with Crippen molar-refractivity contribution in [3.8, 4) is 5.75 Å². The highest BCUT2D eigenvalue weighted by Crippen LogP contribution is 2.31. The molecule has 2 heteroatoms.